The number of anilines is 2. The second-order valence-electron chi connectivity index (χ2n) is 4.97. The molecule has 0 amide bonds. The van der Waals surface area contributed by atoms with Crippen molar-refractivity contribution in [2.24, 2.45) is 0 Å². The van der Waals surface area contributed by atoms with E-state index in [1.54, 1.807) is 0 Å². The molecule has 0 saturated carbocycles. The van der Waals surface area contributed by atoms with Crippen molar-refractivity contribution in [1.29, 1.82) is 0 Å². The molecule has 0 bridgehead atoms. The number of piperidine rings is 1. The van der Waals surface area contributed by atoms with Gasteiger partial charge in [0.15, 0.2) is 0 Å². The van der Waals surface area contributed by atoms with Gasteiger partial charge in [-0.25, -0.2) is 4.98 Å². The van der Waals surface area contributed by atoms with E-state index in [2.05, 4.69) is 27.8 Å². The van der Waals surface area contributed by atoms with Crippen LogP contribution in [0.3, 0.4) is 0 Å². The predicted molar refractivity (Wildman–Crippen MR) is 78.6 cm³/mol. The molecule has 19 heavy (non-hydrogen) atoms. The van der Waals surface area contributed by atoms with E-state index >= 15 is 0 Å². The molecule has 1 aliphatic rings. The van der Waals surface area contributed by atoms with Gasteiger partial charge in [-0.05, 0) is 43.1 Å². The van der Waals surface area contributed by atoms with Crippen LogP contribution < -0.4 is 10.6 Å². The van der Waals surface area contributed by atoms with Crippen LogP contribution in [0.25, 0.3) is 0 Å². The van der Waals surface area contributed by atoms with Crippen LogP contribution in [0.15, 0.2) is 48.7 Å². The number of benzene rings is 1. The third kappa shape index (κ3) is 3.12. The lowest BCUT2D eigenvalue weighted by Crippen LogP contribution is -2.26. The van der Waals surface area contributed by atoms with Crippen LogP contribution in [0.5, 0.6) is 0 Å². The highest BCUT2D eigenvalue weighted by Crippen LogP contribution is 2.23. The summed E-state index contributed by atoms with van der Waals surface area (Å²) >= 11 is 0. The molecule has 0 unspecified atom stereocenters. The molecule has 3 rings (SSSR count). The Morgan fingerprint density at radius 3 is 2.63 bits per heavy atom. The number of rotatable bonds is 3. The van der Waals surface area contributed by atoms with Gasteiger partial charge in [-0.2, -0.15) is 0 Å². The number of hydrogen-bond donors (Lipinski definition) is 2. The minimum Gasteiger partial charge on any atom is -0.340 e. The van der Waals surface area contributed by atoms with Crippen molar-refractivity contribution in [3.05, 3.63) is 54.2 Å². The summed E-state index contributed by atoms with van der Waals surface area (Å²) in [5.41, 5.74) is 2.36. The Labute approximate surface area is 114 Å². The molecule has 1 saturated heterocycles. The summed E-state index contributed by atoms with van der Waals surface area (Å²) in [5.74, 6) is 0.894. The lowest BCUT2D eigenvalue weighted by molar-refractivity contribution is 0.411. The van der Waals surface area contributed by atoms with Gasteiger partial charge in [-0.15, -0.1) is 0 Å². The van der Waals surface area contributed by atoms with Crippen LogP contribution in [-0.4, -0.2) is 11.5 Å². The summed E-state index contributed by atoms with van der Waals surface area (Å²) in [6, 6.07) is 14.8. The van der Waals surface area contributed by atoms with E-state index in [1.165, 1.54) is 24.8 Å². The fraction of sp³-hybridized carbons (Fsp3) is 0.312. The van der Waals surface area contributed by atoms with E-state index in [4.69, 9.17) is 0 Å². The fourth-order valence-corrected chi connectivity index (χ4v) is 2.49. The second kappa shape index (κ2) is 5.85. The summed E-state index contributed by atoms with van der Waals surface area (Å²) in [6.07, 6.45) is 5.79. The number of pyridine rings is 1. The van der Waals surface area contributed by atoms with Crippen molar-refractivity contribution >= 4 is 11.5 Å². The molecule has 98 valence electrons. The summed E-state index contributed by atoms with van der Waals surface area (Å²) in [4.78, 5) is 4.50. The molecule has 3 nitrogen and oxygen atoms in total. The highest BCUT2D eigenvalue weighted by atomic mass is 15.0. The van der Waals surface area contributed by atoms with E-state index in [1.807, 2.05) is 36.5 Å². The molecular weight excluding hydrogens is 234 g/mol. The van der Waals surface area contributed by atoms with E-state index < -0.39 is 0 Å². The van der Waals surface area contributed by atoms with Crippen LogP contribution in [0.1, 0.15) is 30.9 Å². The third-order valence-corrected chi connectivity index (χ3v) is 3.55. The highest BCUT2D eigenvalue weighted by molar-refractivity contribution is 5.55. The van der Waals surface area contributed by atoms with Crippen molar-refractivity contribution in [2.75, 3.05) is 11.9 Å². The van der Waals surface area contributed by atoms with E-state index in [9.17, 15) is 0 Å². The summed E-state index contributed by atoms with van der Waals surface area (Å²) in [6.45, 7) is 1.12. The van der Waals surface area contributed by atoms with Crippen LogP contribution in [0.2, 0.25) is 0 Å². The van der Waals surface area contributed by atoms with Crippen molar-refractivity contribution < 1.29 is 0 Å². The van der Waals surface area contributed by atoms with Gasteiger partial charge in [-0.1, -0.05) is 30.7 Å². The van der Waals surface area contributed by atoms with Gasteiger partial charge in [0.2, 0.25) is 0 Å². The number of nitrogens with one attached hydrogen (secondary N) is 2. The minimum atomic E-state index is 0.479. The average Bonchev–Trinajstić information content (AvgIpc) is 2.50. The Morgan fingerprint density at radius 1 is 1.05 bits per heavy atom. The van der Waals surface area contributed by atoms with Crippen molar-refractivity contribution in [3.8, 4) is 0 Å². The Morgan fingerprint density at radius 2 is 1.95 bits per heavy atom. The molecule has 1 aromatic heterocycles. The molecule has 2 heterocycles. The molecule has 0 radical (unpaired) electrons. The molecule has 0 aliphatic carbocycles. The maximum Gasteiger partial charge on any atom is 0.130 e. The largest absolute Gasteiger partial charge is 0.340 e. The van der Waals surface area contributed by atoms with Crippen LogP contribution in [0.4, 0.5) is 11.5 Å². The van der Waals surface area contributed by atoms with Gasteiger partial charge >= 0.3 is 0 Å². The molecule has 1 aliphatic heterocycles. The first-order valence-corrected chi connectivity index (χ1v) is 6.93. The van der Waals surface area contributed by atoms with Gasteiger partial charge in [0.05, 0.1) is 0 Å². The molecule has 0 spiro atoms. The molecule has 1 atom stereocenters. The maximum atomic E-state index is 4.50. The Bertz CT molecular complexity index is 501. The monoisotopic (exact) mass is 253 g/mol. The molecule has 1 aromatic carbocycles. The smallest absolute Gasteiger partial charge is 0.130 e. The van der Waals surface area contributed by atoms with Crippen LogP contribution in [-0.2, 0) is 0 Å². The first kappa shape index (κ1) is 12.2. The highest BCUT2D eigenvalue weighted by Gasteiger charge is 2.14. The zero-order chi connectivity index (χ0) is 12.9. The zero-order valence-corrected chi connectivity index (χ0v) is 11.0. The SMILES string of the molecule is c1ccc(Nc2ccc([C@@H]3CCCCN3)cn2)cc1. The molecular formula is C16H19N3. The predicted octanol–water partition coefficient (Wildman–Crippen LogP) is 3.64. The average molecular weight is 253 g/mol. The van der Waals surface area contributed by atoms with E-state index in [-0.39, 0.29) is 0 Å². The Hall–Kier alpha value is -1.87. The van der Waals surface area contributed by atoms with Crippen molar-refractivity contribution in [3.63, 3.8) is 0 Å². The minimum absolute atomic E-state index is 0.479. The number of hydrogen-bond acceptors (Lipinski definition) is 3. The van der Waals surface area contributed by atoms with Gasteiger partial charge in [-0.3, -0.25) is 0 Å². The first-order chi connectivity index (χ1) is 9.42. The van der Waals surface area contributed by atoms with Crippen LogP contribution in [0, 0.1) is 0 Å². The lowest BCUT2D eigenvalue weighted by atomic mass is 9.99. The molecule has 2 N–H and O–H groups in total. The molecule has 2 aromatic rings. The maximum absolute atomic E-state index is 4.50. The second-order valence-corrected chi connectivity index (χ2v) is 4.97. The first-order valence-electron chi connectivity index (χ1n) is 6.93. The number of para-hydroxylation sites is 1. The summed E-state index contributed by atoms with van der Waals surface area (Å²) < 4.78 is 0. The van der Waals surface area contributed by atoms with E-state index in [0.717, 1.165) is 18.1 Å². The molecule has 3 heteroatoms. The topological polar surface area (TPSA) is 37.0 Å². The third-order valence-electron chi connectivity index (χ3n) is 3.55. The Kier molecular flexibility index (Phi) is 3.75. The van der Waals surface area contributed by atoms with E-state index in [0.29, 0.717) is 6.04 Å². The van der Waals surface area contributed by atoms with Crippen LogP contribution >= 0.6 is 0 Å². The van der Waals surface area contributed by atoms with Gasteiger partial charge in [0, 0.05) is 17.9 Å². The number of aromatic nitrogens is 1. The normalized spacial score (nSPS) is 19.1. The zero-order valence-electron chi connectivity index (χ0n) is 11.0. The molecule has 1 fully saturated rings. The van der Waals surface area contributed by atoms with Gasteiger partial charge in [0.25, 0.3) is 0 Å². The fourth-order valence-electron chi connectivity index (χ4n) is 2.49. The van der Waals surface area contributed by atoms with Gasteiger partial charge < -0.3 is 10.6 Å². The van der Waals surface area contributed by atoms with Crippen molar-refractivity contribution in [2.45, 2.75) is 25.3 Å². The van der Waals surface area contributed by atoms with Gasteiger partial charge in [0.1, 0.15) is 5.82 Å². The standard InChI is InChI=1S/C16H19N3/c1-2-6-14(7-3-1)19-16-10-9-13(12-18-16)15-8-4-5-11-17-15/h1-3,6-7,9-10,12,15,17H,4-5,8,11H2,(H,18,19)/t15-/m0/s1. The van der Waals surface area contributed by atoms with Crippen molar-refractivity contribution in [1.82, 2.24) is 10.3 Å². The lowest BCUT2D eigenvalue weighted by Gasteiger charge is -2.23. The Balaban J connectivity index is 1.68. The summed E-state index contributed by atoms with van der Waals surface area (Å²) in [7, 11) is 0. The summed E-state index contributed by atoms with van der Waals surface area (Å²) in [5, 5.41) is 6.85. The number of nitrogens with zero attached hydrogens (tertiary/aromatic N) is 1. The quantitative estimate of drug-likeness (QED) is 0.877.